The molecule has 1 aromatic rings. The summed E-state index contributed by atoms with van der Waals surface area (Å²) in [6, 6.07) is 6.97. The third-order valence-electron chi connectivity index (χ3n) is 8.46. The normalized spacial score (nSPS) is 32.6. The van der Waals surface area contributed by atoms with Crippen molar-refractivity contribution in [3.63, 3.8) is 0 Å². The van der Waals surface area contributed by atoms with Gasteiger partial charge >= 0.3 is 0 Å². The van der Waals surface area contributed by atoms with Crippen LogP contribution in [0.15, 0.2) is 18.2 Å². The van der Waals surface area contributed by atoms with E-state index in [1.807, 2.05) is 6.07 Å². The van der Waals surface area contributed by atoms with Crippen molar-refractivity contribution in [3.8, 4) is 0 Å². The van der Waals surface area contributed by atoms with E-state index in [1.165, 1.54) is 56.9 Å². The van der Waals surface area contributed by atoms with E-state index in [9.17, 15) is 14.4 Å². The molecule has 0 aromatic heterocycles. The minimum absolute atomic E-state index is 0.0882. The number of fused-ring (bicyclic) bond motifs is 1. The standard InChI is InChI=1S/C27H37N3O3/c1-17-6-9-21(10-7-17)28-23-5-3-2-4-19(23)14-18-8-11-22-20(15-18)16-30(27(22)33)24-12-13-25(31)29-26(24)32/h8,11,15,17,19,21,23-24,28H,2-7,9-10,12-14,16H2,1H3,(H,29,31,32)/t17-,19-,21-,23+,24?/m1/s1. The molecule has 2 N–H and O–H groups in total. The van der Waals surface area contributed by atoms with Crippen LogP contribution in [0.25, 0.3) is 0 Å². The van der Waals surface area contributed by atoms with Gasteiger partial charge in [0.2, 0.25) is 11.8 Å². The molecule has 1 unspecified atom stereocenters. The summed E-state index contributed by atoms with van der Waals surface area (Å²) in [6.45, 7) is 2.83. The zero-order valence-electron chi connectivity index (χ0n) is 19.8. The van der Waals surface area contributed by atoms with Crippen LogP contribution in [0.4, 0.5) is 0 Å². The fourth-order valence-electron chi connectivity index (χ4n) is 6.46. The summed E-state index contributed by atoms with van der Waals surface area (Å²) in [4.78, 5) is 38.4. The molecule has 3 atom stereocenters. The molecule has 3 fully saturated rings. The molecule has 6 nitrogen and oxygen atoms in total. The monoisotopic (exact) mass is 451 g/mol. The van der Waals surface area contributed by atoms with E-state index in [-0.39, 0.29) is 24.1 Å². The smallest absolute Gasteiger partial charge is 0.255 e. The molecular weight excluding hydrogens is 414 g/mol. The van der Waals surface area contributed by atoms with E-state index in [2.05, 4.69) is 29.7 Å². The first-order valence-electron chi connectivity index (χ1n) is 13.0. The fourth-order valence-corrected chi connectivity index (χ4v) is 6.46. The molecule has 0 radical (unpaired) electrons. The van der Waals surface area contributed by atoms with Gasteiger partial charge in [-0.1, -0.05) is 31.9 Å². The first-order valence-corrected chi connectivity index (χ1v) is 13.0. The second-order valence-electron chi connectivity index (χ2n) is 10.9. The lowest BCUT2D eigenvalue weighted by Gasteiger charge is -2.37. The molecule has 4 aliphatic rings. The molecule has 1 aromatic carbocycles. The van der Waals surface area contributed by atoms with Gasteiger partial charge in [0.25, 0.3) is 5.91 Å². The lowest BCUT2D eigenvalue weighted by molar-refractivity contribution is -0.136. The quantitative estimate of drug-likeness (QED) is 0.669. The second-order valence-corrected chi connectivity index (χ2v) is 10.9. The molecule has 2 aliphatic heterocycles. The Morgan fingerprint density at radius 2 is 1.79 bits per heavy atom. The number of piperidine rings is 1. The average Bonchev–Trinajstić information content (AvgIpc) is 3.12. The number of carbonyl (C=O) groups excluding carboxylic acids is 3. The van der Waals surface area contributed by atoms with Gasteiger partial charge in [-0.3, -0.25) is 19.7 Å². The van der Waals surface area contributed by atoms with Crippen molar-refractivity contribution < 1.29 is 14.4 Å². The summed E-state index contributed by atoms with van der Waals surface area (Å²) in [5.41, 5.74) is 3.02. The van der Waals surface area contributed by atoms with Gasteiger partial charge in [-0.15, -0.1) is 0 Å². The van der Waals surface area contributed by atoms with E-state index >= 15 is 0 Å². The number of imide groups is 1. The van der Waals surface area contributed by atoms with Crippen LogP contribution in [-0.4, -0.2) is 40.7 Å². The van der Waals surface area contributed by atoms with Crippen molar-refractivity contribution in [2.24, 2.45) is 11.8 Å². The lowest BCUT2D eigenvalue weighted by atomic mass is 9.79. The SMILES string of the molecule is C[C@H]1CC[C@H](N[C@H]2CCCC[C@@H]2Cc2ccc3c(c2)CN(C2CCC(=O)NC2=O)C3=O)CC1. The zero-order valence-corrected chi connectivity index (χ0v) is 19.8. The summed E-state index contributed by atoms with van der Waals surface area (Å²) in [6.07, 6.45) is 12.2. The maximum Gasteiger partial charge on any atom is 0.255 e. The Morgan fingerprint density at radius 1 is 1.00 bits per heavy atom. The Morgan fingerprint density at radius 3 is 2.58 bits per heavy atom. The number of carbonyl (C=O) groups is 3. The fraction of sp³-hybridized carbons (Fsp3) is 0.667. The second kappa shape index (κ2) is 9.57. The Balaban J connectivity index is 1.24. The van der Waals surface area contributed by atoms with Crippen LogP contribution in [-0.2, 0) is 22.6 Å². The summed E-state index contributed by atoms with van der Waals surface area (Å²) >= 11 is 0. The summed E-state index contributed by atoms with van der Waals surface area (Å²) < 4.78 is 0. The Labute approximate surface area is 196 Å². The molecule has 0 bridgehead atoms. The lowest BCUT2D eigenvalue weighted by Crippen LogP contribution is -2.52. The third kappa shape index (κ3) is 4.86. The van der Waals surface area contributed by atoms with Crippen LogP contribution in [0, 0.1) is 11.8 Å². The van der Waals surface area contributed by atoms with E-state index in [0.717, 1.165) is 17.9 Å². The van der Waals surface area contributed by atoms with Gasteiger partial charge in [0.05, 0.1) is 0 Å². The Hall–Kier alpha value is -2.21. The van der Waals surface area contributed by atoms with Crippen molar-refractivity contribution in [1.29, 1.82) is 0 Å². The van der Waals surface area contributed by atoms with Crippen molar-refractivity contribution in [1.82, 2.24) is 15.5 Å². The summed E-state index contributed by atoms with van der Waals surface area (Å²) in [5, 5.41) is 6.41. The zero-order chi connectivity index (χ0) is 22.9. The highest BCUT2D eigenvalue weighted by atomic mass is 16.2. The third-order valence-corrected chi connectivity index (χ3v) is 8.46. The van der Waals surface area contributed by atoms with E-state index in [1.54, 1.807) is 4.90 Å². The molecule has 2 aliphatic carbocycles. The van der Waals surface area contributed by atoms with Gasteiger partial charge in [-0.2, -0.15) is 0 Å². The molecule has 1 saturated heterocycles. The summed E-state index contributed by atoms with van der Waals surface area (Å²) in [5.74, 6) is 0.829. The van der Waals surface area contributed by atoms with Gasteiger partial charge in [0, 0.05) is 30.6 Å². The first-order chi connectivity index (χ1) is 16.0. The highest BCUT2D eigenvalue weighted by molar-refractivity contribution is 6.05. The molecule has 5 rings (SSSR count). The molecule has 0 spiro atoms. The van der Waals surface area contributed by atoms with E-state index < -0.39 is 6.04 Å². The average molecular weight is 452 g/mol. The van der Waals surface area contributed by atoms with Gasteiger partial charge in [-0.05, 0) is 80.4 Å². The van der Waals surface area contributed by atoms with Crippen LogP contribution in [0.1, 0.15) is 92.6 Å². The van der Waals surface area contributed by atoms with Gasteiger partial charge < -0.3 is 10.2 Å². The Bertz CT molecular complexity index is 921. The minimum atomic E-state index is -0.545. The predicted octanol–water partition coefficient (Wildman–Crippen LogP) is 3.72. The van der Waals surface area contributed by atoms with Gasteiger partial charge in [0.15, 0.2) is 0 Å². The molecular formula is C27H37N3O3. The van der Waals surface area contributed by atoms with Gasteiger partial charge in [-0.25, -0.2) is 0 Å². The van der Waals surface area contributed by atoms with E-state index in [4.69, 9.17) is 0 Å². The number of hydrogen-bond donors (Lipinski definition) is 2. The van der Waals surface area contributed by atoms with Gasteiger partial charge in [0.1, 0.15) is 6.04 Å². The largest absolute Gasteiger partial charge is 0.322 e. The highest BCUT2D eigenvalue weighted by Crippen LogP contribution is 2.33. The number of hydrogen-bond acceptors (Lipinski definition) is 4. The molecule has 33 heavy (non-hydrogen) atoms. The van der Waals surface area contributed by atoms with Crippen molar-refractivity contribution >= 4 is 17.7 Å². The number of benzene rings is 1. The van der Waals surface area contributed by atoms with Crippen LogP contribution >= 0.6 is 0 Å². The first kappa shape index (κ1) is 22.6. The van der Waals surface area contributed by atoms with Crippen LogP contribution < -0.4 is 10.6 Å². The molecule has 2 saturated carbocycles. The van der Waals surface area contributed by atoms with Crippen LogP contribution in [0.3, 0.4) is 0 Å². The molecule has 6 heteroatoms. The van der Waals surface area contributed by atoms with Crippen molar-refractivity contribution in [3.05, 3.63) is 34.9 Å². The summed E-state index contributed by atoms with van der Waals surface area (Å²) in [7, 11) is 0. The minimum Gasteiger partial charge on any atom is -0.322 e. The molecule has 2 heterocycles. The topological polar surface area (TPSA) is 78.5 Å². The maximum absolute atomic E-state index is 13.0. The van der Waals surface area contributed by atoms with Crippen LogP contribution in [0.5, 0.6) is 0 Å². The van der Waals surface area contributed by atoms with Crippen LogP contribution in [0.2, 0.25) is 0 Å². The number of amides is 3. The number of nitrogens with one attached hydrogen (secondary N) is 2. The molecule has 3 amide bonds. The Kier molecular flexibility index (Phi) is 6.55. The van der Waals surface area contributed by atoms with Crippen molar-refractivity contribution in [2.75, 3.05) is 0 Å². The predicted molar refractivity (Wildman–Crippen MR) is 126 cm³/mol. The highest BCUT2D eigenvalue weighted by Gasteiger charge is 2.39. The van der Waals surface area contributed by atoms with E-state index in [0.29, 0.717) is 36.5 Å². The van der Waals surface area contributed by atoms with Crippen molar-refractivity contribution in [2.45, 2.75) is 102 Å². The number of nitrogens with zero attached hydrogens (tertiary/aromatic N) is 1. The maximum atomic E-state index is 13.0. The molecule has 178 valence electrons. The number of rotatable bonds is 5.